The Balaban J connectivity index is 1.88. The molecular formula is C24H27N3O6. The number of hydrogen-bond donors (Lipinski definition) is 1. The van der Waals surface area contributed by atoms with Gasteiger partial charge in [-0.3, -0.25) is 14.4 Å². The first kappa shape index (κ1) is 23.8. The van der Waals surface area contributed by atoms with Crippen LogP contribution in [0.2, 0.25) is 0 Å². The molecule has 0 spiro atoms. The van der Waals surface area contributed by atoms with Gasteiger partial charge < -0.3 is 19.5 Å². The first-order valence-electron chi connectivity index (χ1n) is 10.4. The molecule has 0 unspecified atom stereocenters. The largest absolute Gasteiger partial charge is 0.493 e. The number of anilines is 1. The van der Waals surface area contributed by atoms with Gasteiger partial charge in [0.05, 0.1) is 39.5 Å². The SMILES string of the molecule is COC(=O)C[C@@H](NC(=O)C1=NN(c2cccc(C)c2)C(=O)CC1)c1ccc(OC)c(OC)c1. The van der Waals surface area contributed by atoms with Crippen LogP contribution in [0.5, 0.6) is 11.5 Å². The van der Waals surface area contributed by atoms with Crippen molar-refractivity contribution in [3.05, 3.63) is 53.6 Å². The van der Waals surface area contributed by atoms with Crippen LogP contribution >= 0.6 is 0 Å². The molecule has 0 saturated heterocycles. The van der Waals surface area contributed by atoms with Crippen LogP contribution in [0, 0.1) is 6.92 Å². The van der Waals surface area contributed by atoms with E-state index in [1.165, 1.54) is 26.3 Å². The highest BCUT2D eigenvalue weighted by Gasteiger charge is 2.28. The quantitative estimate of drug-likeness (QED) is 0.616. The van der Waals surface area contributed by atoms with Crippen molar-refractivity contribution in [3.63, 3.8) is 0 Å². The van der Waals surface area contributed by atoms with Gasteiger partial charge in [0.2, 0.25) is 5.91 Å². The highest BCUT2D eigenvalue weighted by atomic mass is 16.5. The number of rotatable bonds is 8. The monoisotopic (exact) mass is 453 g/mol. The molecule has 2 aromatic carbocycles. The fraction of sp³-hybridized carbons (Fsp3) is 0.333. The van der Waals surface area contributed by atoms with Gasteiger partial charge in [-0.1, -0.05) is 18.2 Å². The molecule has 2 amide bonds. The molecule has 2 aromatic rings. The summed E-state index contributed by atoms with van der Waals surface area (Å²) in [4.78, 5) is 37.6. The lowest BCUT2D eigenvalue weighted by Crippen LogP contribution is -2.41. The minimum absolute atomic E-state index is 0.0917. The van der Waals surface area contributed by atoms with E-state index in [2.05, 4.69) is 10.4 Å². The molecule has 1 aliphatic heterocycles. The Kier molecular flexibility index (Phi) is 7.66. The van der Waals surface area contributed by atoms with Gasteiger partial charge in [-0.15, -0.1) is 0 Å². The van der Waals surface area contributed by atoms with Gasteiger partial charge in [0.1, 0.15) is 5.71 Å². The van der Waals surface area contributed by atoms with E-state index in [0.717, 1.165) is 5.56 Å². The number of methoxy groups -OCH3 is 3. The molecule has 33 heavy (non-hydrogen) atoms. The summed E-state index contributed by atoms with van der Waals surface area (Å²) in [7, 11) is 4.31. The molecule has 9 nitrogen and oxygen atoms in total. The lowest BCUT2D eigenvalue weighted by Gasteiger charge is -2.25. The lowest BCUT2D eigenvalue weighted by molar-refractivity contribution is -0.141. The molecule has 0 saturated carbocycles. The predicted octanol–water partition coefficient (Wildman–Crippen LogP) is 2.92. The third-order valence-corrected chi connectivity index (χ3v) is 5.25. The maximum Gasteiger partial charge on any atom is 0.307 e. The van der Waals surface area contributed by atoms with Crippen LogP contribution in [0.25, 0.3) is 0 Å². The molecule has 174 valence electrons. The van der Waals surface area contributed by atoms with Crippen molar-refractivity contribution < 1.29 is 28.6 Å². The molecule has 0 aromatic heterocycles. The molecule has 0 radical (unpaired) electrons. The number of esters is 1. The number of hydrazone groups is 1. The van der Waals surface area contributed by atoms with Crippen LogP contribution in [-0.4, -0.2) is 44.8 Å². The summed E-state index contributed by atoms with van der Waals surface area (Å²) < 4.78 is 15.4. The van der Waals surface area contributed by atoms with Crippen LogP contribution in [0.15, 0.2) is 47.6 Å². The first-order chi connectivity index (χ1) is 15.9. The van der Waals surface area contributed by atoms with Crippen molar-refractivity contribution in [2.45, 2.75) is 32.2 Å². The van der Waals surface area contributed by atoms with Gasteiger partial charge in [0.15, 0.2) is 11.5 Å². The summed E-state index contributed by atoms with van der Waals surface area (Å²) in [5, 5.41) is 8.41. The topological polar surface area (TPSA) is 107 Å². The fourth-order valence-corrected chi connectivity index (χ4v) is 3.49. The van der Waals surface area contributed by atoms with Crippen molar-refractivity contribution in [1.29, 1.82) is 0 Å². The summed E-state index contributed by atoms with van der Waals surface area (Å²) in [6.07, 6.45) is 0.258. The van der Waals surface area contributed by atoms with Crippen molar-refractivity contribution in [3.8, 4) is 11.5 Å². The van der Waals surface area contributed by atoms with Gasteiger partial charge in [0.25, 0.3) is 5.91 Å². The Morgan fingerprint density at radius 1 is 1.06 bits per heavy atom. The number of carbonyl (C=O) groups excluding carboxylic acids is 3. The number of carbonyl (C=O) groups is 3. The summed E-state index contributed by atoms with van der Waals surface area (Å²) in [5.74, 6) is -0.164. The van der Waals surface area contributed by atoms with Crippen molar-refractivity contribution in [1.82, 2.24) is 5.32 Å². The number of nitrogens with one attached hydrogen (secondary N) is 1. The molecular weight excluding hydrogens is 426 g/mol. The molecule has 1 aliphatic rings. The van der Waals surface area contributed by atoms with Gasteiger partial charge in [-0.25, -0.2) is 5.01 Å². The van der Waals surface area contributed by atoms with E-state index in [1.807, 2.05) is 25.1 Å². The zero-order valence-corrected chi connectivity index (χ0v) is 19.1. The number of aryl methyl sites for hydroxylation is 1. The highest BCUT2D eigenvalue weighted by Crippen LogP contribution is 2.31. The number of ether oxygens (including phenoxy) is 3. The predicted molar refractivity (Wildman–Crippen MR) is 122 cm³/mol. The van der Waals surface area contributed by atoms with Crippen molar-refractivity contribution >= 4 is 29.2 Å². The Bertz CT molecular complexity index is 1080. The van der Waals surface area contributed by atoms with E-state index in [9.17, 15) is 14.4 Å². The summed E-state index contributed by atoms with van der Waals surface area (Å²) in [5.41, 5.74) is 2.40. The van der Waals surface area contributed by atoms with E-state index in [1.54, 1.807) is 24.3 Å². The molecule has 1 N–H and O–H groups in total. The molecule has 0 fully saturated rings. The van der Waals surface area contributed by atoms with E-state index in [-0.39, 0.29) is 30.9 Å². The Morgan fingerprint density at radius 3 is 2.48 bits per heavy atom. The minimum Gasteiger partial charge on any atom is -0.493 e. The molecule has 9 heteroatoms. The normalized spacial score (nSPS) is 14.2. The number of nitrogens with zero attached hydrogens (tertiary/aromatic N) is 2. The van der Waals surface area contributed by atoms with Crippen LogP contribution < -0.4 is 19.8 Å². The van der Waals surface area contributed by atoms with Gasteiger partial charge in [-0.05, 0) is 42.3 Å². The maximum absolute atomic E-state index is 13.1. The Hall–Kier alpha value is -3.88. The average molecular weight is 453 g/mol. The number of hydrogen-bond acceptors (Lipinski definition) is 7. The van der Waals surface area contributed by atoms with E-state index in [4.69, 9.17) is 14.2 Å². The minimum atomic E-state index is -0.697. The molecule has 1 heterocycles. The smallest absolute Gasteiger partial charge is 0.307 e. The third kappa shape index (κ3) is 5.68. The van der Waals surface area contributed by atoms with Gasteiger partial charge in [-0.2, -0.15) is 5.10 Å². The van der Waals surface area contributed by atoms with Crippen LogP contribution in [0.3, 0.4) is 0 Å². The number of benzene rings is 2. The Morgan fingerprint density at radius 2 is 1.82 bits per heavy atom. The first-order valence-corrected chi connectivity index (χ1v) is 10.4. The fourth-order valence-electron chi connectivity index (χ4n) is 3.49. The van der Waals surface area contributed by atoms with Crippen LogP contribution in [0.1, 0.15) is 36.4 Å². The zero-order valence-electron chi connectivity index (χ0n) is 19.1. The third-order valence-electron chi connectivity index (χ3n) is 5.25. The Labute approximate surface area is 192 Å². The van der Waals surface area contributed by atoms with Crippen LogP contribution in [0.4, 0.5) is 5.69 Å². The molecule has 3 rings (SSSR count). The second kappa shape index (κ2) is 10.6. The van der Waals surface area contributed by atoms with E-state index >= 15 is 0 Å². The highest BCUT2D eigenvalue weighted by molar-refractivity contribution is 6.40. The average Bonchev–Trinajstić information content (AvgIpc) is 2.83. The second-order valence-corrected chi connectivity index (χ2v) is 7.51. The van der Waals surface area contributed by atoms with Gasteiger partial charge in [0, 0.05) is 12.8 Å². The summed E-state index contributed by atoms with van der Waals surface area (Å²) in [6, 6.07) is 11.8. The summed E-state index contributed by atoms with van der Waals surface area (Å²) in [6.45, 7) is 1.91. The lowest BCUT2D eigenvalue weighted by atomic mass is 10.0. The standard InChI is InChI=1S/C24H27N3O6/c1-15-6-5-7-17(12-15)27-22(28)11-9-18(26-27)24(30)25-19(14-23(29)33-4)16-8-10-20(31-2)21(13-16)32-3/h5-8,10,12-13,19H,9,11,14H2,1-4H3,(H,25,30)/t19-/m1/s1. The number of amides is 2. The molecule has 0 aliphatic carbocycles. The van der Waals surface area contributed by atoms with Gasteiger partial charge >= 0.3 is 5.97 Å². The maximum atomic E-state index is 13.1. The van der Waals surface area contributed by atoms with E-state index in [0.29, 0.717) is 22.7 Å². The molecule has 0 bridgehead atoms. The van der Waals surface area contributed by atoms with Crippen LogP contribution in [-0.2, 0) is 19.1 Å². The van der Waals surface area contributed by atoms with Crippen molar-refractivity contribution in [2.75, 3.05) is 26.3 Å². The van der Waals surface area contributed by atoms with E-state index < -0.39 is 17.9 Å². The zero-order chi connectivity index (χ0) is 24.0. The van der Waals surface area contributed by atoms with Crippen molar-refractivity contribution in [2.24, 2.45) is 5.10 Å². The summed E-state index contributed by atoms with van der Waals surface area (Å²) >= 11 is 0. The second-order valence-electron chi connectivity index (χ2n) is 7.51. The molecule has 1 atom stereocenters.